The molecule has 0 saturated heterocycles. The molecule has 0 fully saturated rings. The highest BCUT2D eigenvalue weighted by Gasteiger charge is 2.24. The van der Waals surface area contributed by atoms with Gasteiger partial charge in [-0.2, -0.15) is 0 Å². The zero-order chi connectivity index (χ0) is 18.4. The van der Waals surface area contributed by atoms with E-state index in [0.717, 1.165) is 17.5 Å². The third kappa shape index (κ3) is 3.75. The van der Waals surface area contributed by atoms with E-state index in [-0.39, 0.29) is 18.6 Å². The highest BCUT2D eigenvalue weighted by molar-refractivity contribution is 5.81. The molecule has 1 aromatic carbocycles. The molecule has 0 saturated carbocycles. The molecule has 4 nitrogen and oxygen atoms in total. The minimum Gasteiger partial charge on any atom is -0.482 e. The number of hydrogen-bond donors (Lipinski definition) is 1. The van der Waals surface area contributed by atoms with Crippen LogP contribution < -0.4 is 4.74 Å². The standard InChI is InChI=1S/C22H24N2O2/c1-3-9-16(4-2)21(17-10-6-5-7-11-17)26-22-18(15-25)14-24-19-12-8-13-23-20(19)22/h3,5-14,16,21,25H,4,15H2,1-2H3/b9-3-. The third-order valence-electron chi connectivity index (χ3n) is 4.50. The SMILES string of the molecule is C/C=C\C(CC)C(Oc1c(CO)cnc2cccnc12)c1ccccc1. The predicted molar refractivity (Wildman–Crippen MR) is 104 cm³/mol. The van der Waals surface area contributed by atoms with Crippen molar-refractivity contribution in [3.05, 3.63) is 78.1 Å². The number of rotatable bonds is 7. The normalized spacial score (nSPS) is 13.8. The molecule has 2 unspecified atom stereocenters. The third-order valence-corrected chi connectivity index (χ3v) is 4.50. The lowest BCUT2D eigenvalue weighted by molar-refractivity contribution is 0.152. The molecule has 134 valence electrons. The zero-order valence-electron chi connectivity index (χ0n) is 15.2. The Morgan fingerprint density at radius 3 is 2.62 bits per heavy atom. The van der Waals surface area contributed by atoms with E-state index in [1.807, 2.05) is 37.3 Å². The van der Waals surface area contributed by atoms with Crippen LogP contribution in [0.25, 0.3) is 11.0 Å². The van der Waals surface area contributed by atoms with Gasteiger partial charge >= 0.3 is 0 Å². The summed E-state index contributed by atoms with van der Waals surface area (Å²) in [5.74, 6) is 0.816. The molecule has 1 N–H and O–H groups in total. The fourth-order valence-electron chi connectivity index (χ4n) is 3.15. The molecule has 0 radical (unpaired) electrons. The largest absolute Gasteiger partial charge is 0.482 e. The van der Waals surface area contributed by atoms with Gasteiger partial charge in [0.2, 0.25) is 0 Å². The summed E-state index contributed by atoms with van der Waals surface area (Å²) < 4.78 is 6.53. The van der Waals surface area contributed by atoms with Crippen LogP contribution in [0.2, 0.25) is 0 Å². The quantitative estimate of drug-likeness (QED) is 0.621. The Morgan fingerprint density at radius 2 is 1.92 bits per heavy atom. The van der Waals surface area contributed by atoms with E-state index in [1.54, 1.807) is 12.4 Å². The Balaban J connectivity index is 2.11. The number of aliphatic hydroxyl groups is 1. The number of aromatic nitrogens is 2. The minimum atomic E-state index is -0.171. The van der Waals surface area contributed by atoms with E-state index >= 15 is 0 Å². The van der Waals surface area contributed by atoms with E-state index < -0.39 is 0 Å². The Morgan fingerprint density at radius 1 is 1.12 bits per heavy atom. The van der Waals surface area contributed by atoms with Gasteiger partial charge in [0.15, 0.2) is 5.75 Å². The van der Waals surface area contributed by atoms with Crippen LogP contribution in [0.1, 0.15) is 37.5 Å². The molecule has 0 aliphatic carbocycles. The molecule has 26 heavy (non-hydrogen) atoms. The maximum absolute atomic E-state index is 9.80. The molecule has 3 aromatic rings. The molecule has 2 heterocycles. The Hall–Kier alpha value is -2.72. The molecular weight excluding hydrogens is 324 g/mol. The molecular formula is C22H24N2O2. The first-order chi connectivity index (χ1) is 12.8. The van der Waals surface area contributed by atoms with E-state index in [0.29, 0.717) is 16.8 Å². The second-order valence-corrected chi connectivity index (χ2v) is 6.19. The Bertz CT molecular complexity index is 878. The van der Waals surface area contributed by atoms with Crippen molar-refractivity contribution in [2.24, 2.45) is 5.92 Å². The van der Waals surface area contributed by atoms with Crippen LogP contribution in [0.4, 0.5) is 0 Å². The van der Waals surface area contributed by atoms with Crippen molar-refractivity contribution in [3.63, 3.8) is 0 Å². The monoisotopic (exact) mass is 348 g/mol. The van der Waals surface area contributed by atoms with Crippen molar-refractivity contribution in [3.8, 4) is 5.75 Å². The van der Waals surface area contributed by atoms with Crippen molar-refractivity contribution in [2.75, 3.05) is 0 Å². The summed E-state index contributed by atoms with van der Waals surface area (Å²) in [6, 6.07) is 13.9. The number of hydrogen-bond acceptors (Lipinski definition) is 4. The number of fused-ring (bicyclic) bond motifs is 1. The molecule has 3 rings (SSSR count). The van der Waals surface area contributed by atoms with Crippen LogP contribution in [-0.2, 0) is 6.61 Å². The number of pyridine rings is 2. The number of benzene rings is 1. The highest BCUT2D eigenvalue weighted by Crippen LogP contribution is 2.36. The number of ether oxygens (including phenoxy) is 1. The van der Waals surface area contributed by atoms with Crippen LogP contribution in [0, 0.1) is 5.92 Å². The molecule has 2 aromatic heterocycles. The van der Waals surface area contributed by atoms with Crippen LogP contribution in [0.15, 0.2) is 67.0 Å². The molecule has 2 atom stereocenters. The fourth-order valence-corrected chi connectivity index (χ4v) is 3.15. The summed E-state index contributed by atoms with van der Waals surface area (Å²) >= 11 is 0. The van der Waals surface area contributed by atoms with Gasteiger partial charge in [0.25, 0.3) is 0 Å². The lowest BCUT2D eigenvalue weighted by Gasteiger charge is -2.27. The van der Waals surface area contributed by atoms with Gasteiger partial charge < -0.3 is 9.84 Å². The van der Waals surface area contributed by atoms with Crippen molar-refractivity contribution in [1.82, 2.24) is 9.97 Å². The van der Waals surface area contributed by atoms with Crippen molar-refractivity contribution in [1.29, 1.82) is 0 Å². The summed E-state index contributed by atoms with van der Waals surface area (Å²) in [4.78, 5) is 8.83. The first-order valence-corrected chi connectivity index (χ1v) is 8.96. The van der Waals surface area contributed by atoms with Gasteiger partial charge in [-0.1, -0.05) is 49.4 Å². The van der Waals surface area contributed by atoms with E-state index in [2.05, 4.69) is 41.2 Å². The van der Waals surface area contributed by atoms with E-state index in [4.69, 9.17) is 4.74 Å². The van der Waals surface area contributed by atoms with Crippen LogP contribution in [0.5, 0.6) is 5.75 Å². The maximum atomic E-state index is 9.80. The van der Waals surface area contributed by atoms with Gasteiger partial charge in [-0.05, 0) is 31.0 Å². The smallest absolute Gasteiger partial charge is 0.155 e. The van der Waals surface area contributed by atoms with Crippen molar-refractivity contribution in [2.45, 2.75) is 33.0 Å². The van der Waals surface area contributed by atoms with Gasteiger partial charge in [0.05, 0.1) is 12.1 Å². The minimum absolute atomic E-state index is 0.142. The summed E-state index contributed by atoms with van der Waals surface area (Å²) in [6.45, 7) is 4.03. The first-order valence-electron chi connectivity index (χ1n) is 8.96. The van der Waals surface area contributed by atoms with E-state index in [9.17, 15) is 5.11 Å². The van der Waals surface area contributed by atoms with Gasteiger partial charge in [0.1, 0.15) is 11.6 Å². The molecule has 4 heteroatoms. The van der Waals surface area contributed by atoms with Crippen molar-refractivity contribution >= 4 is 11.0 Å². The Labute approximate surface area is 154 Å². The van der Waals surface area contributed by atoms with Crippen LogP contribution in [0.3, 0.4) is 0 Å². The van der Waals surface area contributed by atoms with Gasteiger partial charge in [0, 0.05) is 23.9 Å². The van der Waals surface area contributed by atoms with Crippen molar-refractivity contribution < 1.29 is 9.84 Å². The molecule has 0 aliphatic rings. The summed E-state index contributed by atoms with van der Waals surface area (Å²) in [5.41, 5.74) is 3.18. The lowest BCUT2D eigenvalue weighted by atomic mass is 9.92. The molecule has 0 bridgehead atoms. The Kier molecular flexibility index (Phi) is 5.97. The van der Waals surface area contributed by atoms with Gasteiger partial charge in [-0.15, -0.1) is 0 Å². The molecule has 0 amide bonds. The summed E-state index contributed by atoms with van der Waals surface area (Å²) in [5, 5.41) is 9.80. The second-order valence-electron chi connectivity index (χ2n) is 6.19. The number of aliphatic hydroxyl groups excluding tert-OH is 1. The van der Waals surface area contributed by atoms with E-state index in [1.165, 1.54) is 0 Å². The second kappa shape index (κ2) is 8.59. The molecule has 0 spiro atoms. The van der Waals surface area contributed by atoms with Crippen LogP contribution >= 0.6 is 0 Å². The number of allylic oxidation sites excluding steroid dienone is 1. The zero-order valence-corrected chi connectivity index (χ0v) is 15.2. The summed E-state index contributed by atoms with van der Waals surface area (Å²) in [7, 11) is 0. The predicted octanol–water partition coefficient (Wildman–Crippen LogP) is 4.84. The fraction of sp³-hybridized carbons (Fsp3) is 0.273. The average molecular weight is 348 g/mol. The van der Waals surface area contributed by atoms with Crippen LogP contribution in [-0.4, -0.2) is 15.1 Å². The summed E-state index contributed by atoms with van der Waals surface area (Å²) in [6.07, 6.45) is 8.39. The van der Waals surface area contributed by atoms with Gasteiger partial charge in [-0.3, -0.25) is 9.97 Å². The topological polar surface area (TPSA) is 55.2 Å². The number of nitrogens with zero attached hydrogens (tertiary/aromatic N) is 2. The lowest BCUT2D eigenvalue weighted by Crippen LogP contribution is -2.18. The maximum Gasteiger partial charge on any atom is 0.155 e. The highest BCUT2D eigenvalue weighted by atomic mass is 16.5. The first kappa shape index (κ1) is 18.1. The van der Waals surface area contributed by atoms with Gasteiger partial charge in [-0.25, -0.2) is 0 Å². The molecule has 0 aliphatic heterocycles. The average Bonchev–Trinajstić information content (AvgIpc) is 2.71.